The van der Waals surface area contributed by atoms with Crippen molar-refractivity contribution in [1.82, 2.24) is 10.2 Å². The summed E-state index contributed by atoms with van der Waals surface area (Å²) in [6.07, 6.45) is 2.76. The van der Waals surface area contributed by atoms with Crippen molar-refractivity contribution in [3.05, 3.63) is 35.9 Å². The van der Waals surface area contributed by atoms with Gasteiger partial charge in [-0.2, -0.15) is 0 Å². The Balaban J connectivity index is 1.93. The first-order valence-corrected chi connectivity index (χ1v) is 6.81. The van der Waals surface area contributed by atoms with Crippen molar-refractivity contribution in [3.8, 4) is 0 Å². The molecule has 1 fully saturated rings. The van der Waals surface area contributed by atoms with Gasteiger partial charge in [0.2, 0.25) is 0 Å². The normalized spacial score (nSPS) is 17.4. The van der Waals surface area contributed by atoms with Crippen LogP contribution in [0.25, 0.3) is 0 Å². The molecule has 1 saturated carbocycles. The lowest BCUT2D eigenvalue weighted by Crippen LogP contribution is -2.41. The monoisotopic (exact) mass is 232 g/mol. The first-order valence-electron chi connectivity index (χ1n) is 6.81. The highest BCUT2D eigenvalue weighted by atomic mass is 15.2. The van der Waals surface area contributed by atoms with Crippen LogP contribution in [-0.2, 0) is 6.54 Å². The van der Waals surface area contributed by atoms with E-state index in [1.54, 1.807) is 0 Å². The molecule has 0 amide bonds. The van der Waals surface area contributed by atoms with E-state index in [9.17, 15) is 0 Å². The summed E-state index contributed by atoms with van der Waals surface area (Å²) in [7, 11) is 0. The van der Waals surface area contributed by atoms with Crippen molar-refractivity contribution in [2.75, 3.05) is 13.1 Å². The SMILES string of the molecule is CCNCC(C)N(Cc1ccccc1)C1CC1. The minimum atomic E-state index is 0.627. The largest absolute Gasteiger partial charge is 0.315 e. The fourth-order valence-corrected chi connectivity index (χ4v) is 2.32. The zero-order valence-electron chi connectivity index (χ0n) is 11.0. The molecule has 1 aliphatic rings. The fraction of sp³-hybridized carbons (Fsp3) is 0.600. The number of likely N-dealkylation sites (N-methyl/N-ethyl adjacent to an activating group) is 1. The van der Waals surface area contributed by atoms with Gasteiger partial charge in [-0.3, -0.25) is 4.90 Å². The molecule has 0 aromatic heterocycles. The van der Waals surface area contributed by atoms with Gasteiger partial charge in [0.25, 0.3) is 0 Å². The Morgan fingerprint density at radius 3 is 2.59 bits per heavy atom. The van der Waals surface area contributed by atoms with Crippen molar-refractivity contribution in [2.45, 2.75) is 45.3 Å². The van der Waals surface area contributed by atoms with Gasteiger partial charge in [0.15, 0.2) is 0 Å². The molecule has 0 heterocycles. The Bertz CT molecular complexity index is 319. The standard InChI is InChI=1S/C15H24N2/c1-3-16-11-13(2)17(15-9-10-15)12-14-7-5-4-6-8-14/h4-8,13,15-16H,3,9-12H2,1-2H3. The van der Waals surface area contributed by atoms with E-state index >= 15 is 0 Å². The van der Waals surface area contributed by atoms with Crippen LogP contribution in [0, 0.1) is 0 Å². The van der Waals surface area contributed by atoms with Gasteiger partial charge in [-0.1, -0.05) is 37.3 Å². The van der Waals surface area contributed by atoms with Gasteiger partial charge in [-0.25, -0.2) is 0 Å². The van der Waals surface area contributed by atoms with E-state index in [1.807, 2.05) is 0 Å². The van der Waals surface area contributed by atoms with Gasteiger partial charge in [0.1, 0.15) is 0 Å². The third-order valence-corrected chi connectivity index (χ3v) is 3.48. The van der Waals surface area contributed by atoms with E-state index in [0.717, 1.165) is 25.7 Å². The lowest BCUT2D eigenvalue weighted by molar-refractivity contribution is 0.186. The lowest BCUT2D eigenvalue weighted by Gasteiger charge is -2.29. The zero-order chi connectivity index (χ0) is 12.1. The Kier molecular flexibility index (Phi) is 4.57. The second kappa shape index (κ2) is 6.18. The molecule has 1 N–H and O–H groups in total. The first-order chi connectivity index (χ1) is 8.31. The molecule has 1 aromatic carbocycles. The molecule has 0 spiro atoms. The van der Waals surface area contributed by atoms with Crippen LogP contribution in [0.15, 0.2) is 30.3 Å². The highest BCUT2D eigenvalue weighted by Gasteiger charge is 2.31. The summed E-state index contributed by atoms with van der Waals surface area (Å²) >= 11 is 0. The predicted molar refractivity (Wildman–Crippen MR) is 73.0 cm³/mol. The molecule has 2 nitrogen and oxygen atoms in total. The molecule has 1 aromatic rings. The van der Waals surface area contributed by atoms with Gasteiger partial charge in [0.05, 0.1) is 0 Å². The second-order valence-corrected chi connectivity index (χ2v) is 5.05. The predicted octanol–water partition coefficient (Wildman–Crippen LogP) is 2.65. The van der Waals surface area contributed by atoms with Gasteiger partial charge in [-0.15, -0.1) is 0 Å². The summed E-state index contributed by atoms with van der Waals surface area (Å²) in [5, 5.41) is 3.46. The first kappa shape index (κ1) is 12.6. The maximum atomic E-state index is 3.46. The van der Waals surface area contributed by atoms with Gasteiger partial charge in [0, 0.05) is 25.2 Å². The Morgan fingerprint density at radius 1 is 1.29 bits per heavy atom. The third kappa shape index (κ3) is 3.83. The van der Waals surface area contributed by atoms with Crippen LogP contribution in [0.3, 0.4) is 0 Å². The maximum absolute atomic E-state index is 3.46. The van der Waals surface area contributed by atoms with Crippen LogP contribution in [-0.4, -0.2) is 30.1 Å². The fourth-order valence-electron chi connectivity index (χ4n) is 2.32. The van der Waals surface area contributed by atoms with E-state index in [4.69, 9.17) is 0 Å². The van der Waals surface area contributed by atoms with E-state index in [-0.39, 0.29) is 0 Å². The molecule has 1 aliphatic carbocycles. The van der Waals surface area contributed by atoms with Crippen molar-refractivity contribution in [2.24, 2.45) is 0 Å². The molecular weight excluding hydrogens is 208 g/mol. The summed E-state index contributed by atoms with van der Waals surface area (Å²) in [4.78, 5) is 2.65. The third-order valence-electron chi connectivity index (χ3n) is 3.48. The van der Waals surface area contributed by atoms with Gasteiger partial charge in [-0.05, 0) is 31.9 Å². The highest BCUT2D eigenvalue weighted by Crippen LogP contribution is 2.29. The van der Waals surface area contributed by atoms with E-state index in [0.29, 0.717) is 6.04 Å². The van der Waals surface area contributed by atoms with E-state index in [2.05, 4.69) is 54.4 Å². The minimum absolute atomic E-state index is 0.627. The van der Waals surface area contributed by atoms with Crippen LogP contribution in [0.4, 0.5) is 0 Å². The molecule has 17 heavy (non-hydrogen) atoms. The van der Waals surface area contributed by atoms with Crippen molar-refractivity contribution in [3.63, 3.8) is 0 Å². The maximum Gasteiger partial charge on any atom is 0.0240 e. The van der Waals surface area contributed by atoms with E-state index in [1.165, 1.54) is 18.4 Å². The van der Waals surface area contributed by atoms with Crippen molar-refractivity contribution in [1.29, 1.82) is 0 Å². The number of benzene rings is 1. The minimum Gasteiger partial charge on any atom is -0.315 e. The molecule has 0 saturated heterocycles. The Labute approximate surface area is 105 Å². The smallest absolute Gasteiger partial charge is 0.0240 e. The second-order valence-electron chi connectivity index (χ2n) is 5.05. The summed E-state index contributed by atoms with van der Waals surface area (Å²) in [5.41, 5.74) is 1.43. The number of hydrogen-bond donors (Lipinski definition) is 1. The van der Waals surface area contributed by atoms with Crippen LogP contribution >= 0.6 is 0 Å². The van der Waals surface area contributed by atoms with Crippen molar-refractivity contribution < 1.29 is 0 Å². The average molecular weight is 232 g/mol. The zero-order valence-corrected chi connectivity index (χ0v) is 11.0. The Morgan fingerprint density at radius 2 is 2.00 bits per heavy atom. The summed E-state index contributed by atoms with van der Waals surface area (Å²) in [5.74, 6) is 0. The van der Waals surface area contributed by atoms with Gasteiger partial charge < -0.3 is 5.32 Å². The molecular formula is C15H24N2. The highest BCUT2D eigenvalue weighted by molar-refractivity contribution is 5.15. The number of nitrogens with one attached hydrogen (secondary N) is 1. The van der Waals surface area contributed by atoms with Crippen LogP contribution in [0.1, 0.15) is 32.3 Å². The Hall–Kier alpha value is -0.860. The molecule has 0 bridgehead atoms. The summed E-state index contributed by atoms with van der Waals surface area (Å²) < 4.78 is 0. The molecule has 94 valence electrons. The molecule has 0 aliphatic heterocycles. The van der Waals surface area contributed by atoms with Crippen LogP contribution in [0.2, 0.25) is 0 Å². The molecule has 1 unspecified atom stereocenters. The average Bonchev–Trinajstić information content (AvgIpc) is 3.18. The van der Waals surface area contributed by atoms with Gasteiger partial charge >= 0.3 is 0 Å². The number of hydrogen-bond acceptors (Lipinski definition) is 2. The molecule has 1 atom stereocenters. The number of nitrogens with zero attached hydrogens (tertiary/aromatic N) is 1. The summed E-state index contributed by atoms with van der Waals surface area (Å²) in [6.45, 7) is 7.77. The van der Waals surface area contributed by atoms with Crippen LogP contribution in [0.5, 0.6) is 0 Å². The lowest BCUT2D eigenvalue weighted by atomic mass is 10.1. The molecule has 0 radical (unpaired) electrons. The molecule has 2 heteroatoms. The van der Waals surface area contributed by atoms with Crippen molar-refractivity contribution >= 4 is 0 Å². The summed E-state index contributed by atoms with van der Waals surface area (Å²) in [6, 6.07) is 12.3. The number of rotatable bonds is 7. The topological polar surface area (TPSA) is 15.3 Å². The quantitative estimate of drug-likeness (QED) is 0.777. The van der Waals surface area contributed by atoms with E-state index < -0.39 is 0 Å². The molecule has 2 rings (SSSR count). The van der Waals surface area contributed by atoms with Crippen LogP contribution < -0.4 is 5.32 Å².